The molecule has 3 heterocycles. The normalized spacial score (nSPS) is 21.3. The van der Waals surface area contributed by atoms with Gasteiger partial charge in [-0.25, -0.2) is 4.98 Å². The zero-order chi connectivity index (χ0) is 27.8. The number of likely N-dealkylation sites (N-methyl/N-ethyl adjacent to an activating group) is 1. The number of halogens is 1. The van der Waals surface area contributed by atoms with Gasteiger partial charge in [0.05, 0.1) is 17.3 Å². The second kappa shape index (κ2) is 11.1. The van der Waals surface area contributed by atoms with E-state index in [1.165, 1.54) is 11.3 Å². The third kappa shape index (κ3) is 5.57. The van der Waals surface area contributed by atoms with Gasteiger partial charge in [-0.05, 0) is 44.5 Å². The molecule has 2 aromatic heterocycles. The molecule has 3 amide bonds. The largest absolute Gasteiger partial charge is 0.350 e. The van der Waals surface area contributed by atoms with E-state index in [9.17, 15) is 19.2 Å². The number of hydrogen-bond acceptors (Lipinski definition) is 7. The van der Waals surface area contributed by atoms with E-state index in [2.05, 4.69) is 25.5 Å². The fourth-order valence-corrected chi connectivity index (χ4v) is 6.73. The fourth-order valence-electron chi connectivity index (χ4n) is 5.47. The van der Waals surface area contributed by atoms with Crippen LogP contribution in [0.25, 0.3) is 10.9 Å². The highest BCUT2D eigenvalue weighted by Crippen LogP contribution is 2.29. The first kappa shape index (κ1) is 27.3. The van der Waals surface area contributed by atoms with Crippen molar-refractivity contribution in [2.24, 2.45) is 5.92 Å². The first-order chi connectivity index (χ1) is 18.6. The Kier molecular flexibility index (Phi) is 7.75. The molecule has 1 fully saturated rings. The second-order valence-corrected chi connectivity index (χ2v) is 12.0. The van der Waals surface area contributed by atoms with Crippen molar-refractivity contribution < 1.29 is 19.2 Å². The molecule has 0 unspecified atom stereocenters. The number of carbonyl (C=O) groups is 4. The van der Waals surface area contributed by atoms with Crippen LogP contribution in [0.4, 0.5) is 0 Å². The third-order valence-corrected chi connectivity index (χ3v) is 8.85. The van der Waals surface area contributed by atoms with Crippen LogP contribution in [-0.4, -0.2) is 83.5 Å². The van der Waals surface area contributed by atoms with Crippen LogP contribution in [0.2, 0.25) is 5.02 Å². The Morgan fingerprint density at radius 1 is 1.18 bits per heavy atom. The van der Waals surface area contributed by atoms with Crippen LogP contribution in [0.5, 0.6) is 0 Å². The predicted molar refractivity (Wildman–Crippen MR) is 149 cm³/mol. The molecule has 3 aromatic rings. The molecule has 12 heteroatoms. The van der Waals surface area contributed by atoms with Crippen LogP contribution in [0.1, 0.15) is 60.5 Å². The number of thiazole rings is 1. The van der Waals surface area contributed by atoms with E-state index in [1.54, 1.807) is 37.2 Å². The molecule has 1 saturated carbocycles. The Hall–Kier alpha value is -3.28. The van der Waals surface area contributed by atoms with E-state index in [0.29, 0.717) is 46.5 Å². The number of benzene rings is 1. The van der Waals surface area contributed by atoms with Crippen molar-refractivity contribution in [2.45, 2.75) is 44.3 Å². The molecule has 3 atom stereocenters. The maximum Gasteiger partial charge on any atom is 0.280 e. The molecule has 0 bridgehead atoms. The summed E-state index contributed by atoms with van der Waals surface area (Å²) in [7, 11) is 5.46. The number of rotatable bonds is 6. The molecule has 10 nitrogen and oxygen atoms in total. The topological polar surface area (TPSA) is 128 Å². The number of aromatic amines is 1. The van der Waals surface area contributed by atoms with Crippen molar-refractivity contribution >= 4 is 57.8 Å². The minimum Gasteiger partial charge on any atom is -0.350 e. The van der Waals surface area contributed by atoms with Gasteiger partial charge in [0, 0.05) is 66.4 Å². The number of fused-ring (bicyclic) bond motifs is 2. The van der Waals surface area contributed by atoms with E-state index in [1.807, 2.05) is 7.05 Å². The molecule has 3 N–H and O–H groups in total. The van der Waals surface area contributed by atoms with Gasteiger partial charge in [0.2, 0.25) is 5.91 Å². The summed E-state index contributed by atoms with van der Waals surface area (Å²) >= 11 is 7.49. The summed E-state index contributed by atoms with van der Waals surface area (Å²) in [6, 6.07) is 4.10. The molecule has 5 rings (SSSR count). The van der Waals surface area contributed by atoms with Crippen molar-refractivity contribution in [3.8, 4) is 0 Å². The summed E-state index contributed by atoms with van der Waals surface area (Å²) in [5.74, 6) is -1.06. The first-order valence-corrected chi connectivity index (χ1v) is 14.1. The Morgan fingerprint density at radius 3 is 2.69 bits per heavy atom. The second-order valence-electron chi connectivity index (χ2n) is 10.5. The summed E-state index contributed by atoms with van der Waals surface area (Å²) in [5, 5.41) is 7.48. The highest BCUT2D eigenvalue weighted by atomic mass is 35.5. The predicted octanol–water partition coefficient (Wildman–Crippen LogP) is 2.86. The Labute approximate surface area is 235 Å². The van der Waals surface area contributed by atoms with Gasteiger partial charge in [-0.2, -0.15) is 0 Å². The van der Waals surface area contributed by atoms with E-state index in [0.717, 1.165) is 30.1 Å². The zero-order valence-corrected chi connectivity index (χ0v) is 23.6. The highest BCUT2D eigenvalue weighted by Gasteiger charge is 2.37. The summed E-state index contributed by atoms with van der Waals surface area (Å²) in [6.07, 6.45) is 2.87. The number of amides is 3. The van der Waals surface area contributed by atoms with E-state index in [4.69, 9.17) is 11.6 Å². The lowest BCUT2D eigenvalue weighted by atomic mass is 9.81. The minimum absolute atomic E-state index is 0.0116. The molecule has 206 valence electrons. The van der Waals surface area contributed by atoms with Gasteiger partial charge >= 0.3 is 0 Å². The molecule has 39 heavy (non-hydrogen) atoms. The average Bonchev–Trinajstić information content (AvgIpc) is 3.49. The Bertz CT molecular complexity index is 1450. The number of H-pyrrole nitrogens is 1. The highest BCUT2D eigenvalue weighted by molar-refractivity contribution is 7.13. The van der Waals surface area contributed by atoms with Gasteiger partial charge < -0.3 is 25.4 Å². The number of aromatic nitrogens is 2. The van der Waals surface area contributed by atoms with Gasteiger partial charge in [-0.1, -0.05) is 11.6 Å². The molecule has 0 spiro atoms. The number of carbonyl (C=O) groups excluding carboxylic acids is 4. The van der Waals surface area contributed by atoms with Crippen LogP contribution < -0.4 is 10.6 Å². The van der Waals surface area contributed by atoms with Crippen LogP contribution in [0.3, 0.4) is 0 Å². The quantitative estimate of drug-likeness (QED) is 0.391. The fraction of sp³-hybridized carbons (Fsp3) is 0.444. The molecular formula is C27H31ClN6O4S. The number of hydrogen-bond donors (Lipinski definition) is 3. The van der Waals surface area contributed by atoms with Gasteiger partial charge in [0.1, 0.15) is 5.69 Å². The summed E-state index contributed by atoms with van der Waals surface area (Å²) in [4.78, 5) is 63.9. The molecule has 0 radical (unpaired) electrons. The van der Waals surface area contributed by atoms with E-state index >= 15 is 0 Å². The van der Waals surface area contributed by atoms with Crippen molar-refractivity contribution in [2.75, 3.05) is 27.7 Å². The van der Waals surface area contributed by atoms with Crippen LogP contribution in [0.15, 0.2) is 18.2 Å². The number of nitrogens with zero attached hydrogens (tertiary/aromatic N) is 3. The summed E-state index contributed by atoms with van der Waals surface area (Å²) < 4.78 is 0. The maximum atomic E-state index is 13.4. The van der Waals surface area contributed by atoms with Crippen molar-refractivity contribution in [1.29, 1.82) is 0 Å². The van der Waals surface area contributed by atoms with Crippen molar-refractivity contribution in [1.82, 2.24) is 30.4 Å². The number of aldehydes is 1. The lowest BCUT2D eigenvalue weighted by Gasteiger charge is -2.37. The molecule has 0 saturated heterocycles. The summed E-state index contributed by atoms with van der Waals surface area (Å²) in [5.41, 5.74) is 1.93. The monoisotopic (exact) mass is 570 g/mol. The lowest BCUT2D eigenvalue weighted by Crippen LogP contribution is -2.56. The number of nitrogens with one attached hydrogen (secondary N) is 3. The van der Waals surface area contributed by atoms with E-state index in [-0.39, 0.29) is 29.0 Å². The maximum absolute atomic E-state index is 13.4. The average molecular weight is 571 g/mol. The van der Waals surface area contributed by atoms with Crippen molar-refractivity contribution in [3.63, 3.8) is 0 Å². The van der Waals surface area contributed by atoms with Crippen LogP contribution in [-0.2, 0) is 17.8 Å². The Balaban J connectivity index is 1.38. The first-order valence-electron chi connectivity index (χ1n) is 12.9. The van der Waals surface area contributed by atoms with Gasteiger partial charge in [-0.15, -0.1) is 11.3 Å². The SMILES string of the molecule is CN1CCc2nc(C(=O)N[C@@H]3C[C@@H](C(=O)N(C)C)CC[C@@H]3NC(=O)c3[nH]c4ccc(Cl)cc4c3C=O)sc2C1. The standard InChI is InChI=1S/C27H31ClN6O4S/c1-33(2)27(38)14-4-6-19(30-24(36)23-17(13-35)16-11-15(28)5-7-18(16)29-23)21(10-14)31-25(37)26-32-20-8-9-34(3)12-22(20)39-26/h5,7,11,13-14,19,21,29H,4,6,8-10,12H2,1-3H3,(H,30,36)(H,31,37)/t14-,19-,21+/m0/s1. The van der Waals surface area contributed by atoms with Crippen LogP contribution >= 0.6 is 22.9 Å². The van der Waals surface area contributed by atoms with Gasteiger partial charge in [-0.3, -0.25) is 19.2 Å². The molecule has 1 aliphatic carbocycles. The molecule has 2 aliphatic rings. The molecular weight excluding hydrogens is 540 g/mol. The van der Waals surface area contributed by atoms with Crippen LogP contribution in [0, 0.1) is 5.92 Å². The molecule has 1 aromatic carbocycles. The molecule has 1 aliphatic heterocycles. The van der Waals surface area contributed by atoms with Gasteiger partial charge in [0.25, 0.3) is 11.8 Å². The van der Waals surface area contributed by atoms with Crippen molar-refractivity contribution in [3.05, 3.63) is 50.1 Å². The Morgan fingerprint density at radius 2 is 1.95 bits per heavy atom. The zero-order valence-electron chi connectivity index (χ0n) is 22.0. The van der Waals surface area contributed by atoms with E-state index < -0.39 is 18.0 Å². The summed E-state index contributed by atoms with van der Waals surface area (Å²) in [6.45, 7) is 1.65. The minimum atomic E-state index is -0.494. The third-order valence-electron chi connectivity index (χ3n) is 7.54. The van der Waals surface area contributed by atoms with Gasteiger partial charge in [0.15, 0.2) is 11.3 Å². The lowest BCUT2D eigenvalue weighted by molar-refractivity contribution is -0.134. The smallest absolute Gasteiger partial charge is 0.280 e.